The zero-order valence-electron chi connectivity index (χ0n) is 11.1. The average molecular weight is 294 g/mol. The summed E-state index contributed by atoms with van der Waals surface area (Å²) in [5.74, 6) is -0.867. The minimum Gasteiger partial charge on any atom is -0.481 e. The predicted molar refractivity (Wildman–Crippen MR) is 76.5 cm³/mol. The van der Waals surface area contributed by atoms with Crippen molar-refractivity contribution < 1.29 is 9.90 Å². The Hall–Kier alpha value is -1.85. The summed E-state index contributed by atoms with van der Waals surface area (Å²) in [6.07, 6.45) is 3.61. The maximum Gasteiger partial charge on any atom is 0.305 e. The smallest absolute Gasteiger partial charge is 0.305 e. The number of aromatic nitrogens is 2. The number of aliphatic carboxylic acids is 1. The molecule has 1 aromatic heterocycles. The Bertz CT molecular complexity index is 598. The van der Waals surface area contributed by atoms with E-state index in [1.165, 1.54) is 0 Å². The molecular weight excluding hydrogens is 278 g/mol. The van der Waals surface area contributed by atoms with E-state index in [0.29, 0.717) is 11.6 Å². The van der Waals surface area contributed by atoms with Crippen molar-refractivity contribution in [2.45, 2.75) is 19.0 Å². The van der Waals surface area contributed by atoms with Gasteiger partial charge in [-0.2, -0.15) is 5.10 Å². The fourth-order valence-electron chi connectivity index (χ4n) is 2.03. The summed E-state index contributed by atoms with van der Waals surface area (Å²) >= 11 is 6.14. The SMILES string of the molecule is Cn1cc(CNC(CC(=O)O)c2ccccc2Cl)cn1. The molecular formula is C14H16ClN3O2. The number of nitrogens with one attached hydrogen (secondary N) is 1. The molecule has 0 spiro atoms. The molecule has 6 heteroatoms. The van der Waals surface area contributed by atoms with E-state index in [4.69, 9.17) is 16.7 Å². The zero-order valence-corrected chi connectivity index (χ0v) is 11.8. The van der Waals surface area contributed by atoms with Gasteiger partial charge in [-0.3, -0.25) is 9.48 Å². The maximum atomic E-state index is 11.0. The Morgan fingerprint density at radius 2 is 2.25 bits per heavy atom. The lowest BCUT2D eigenvalue weighted by molar-refractivity contribution is -0.137. The van der Waals surface area contributed by atoms with Gasteiger partial charge in [-0.15, -0.1) is 0 Å². The molecule has 2 rings (SSSR count). The van der Waals surface area contributed by atoms with Crippen LogP contribution in [0.4, 0.5) is 0 Å². The Morgan fingerprint density at radius 3 is 2.85 bits per heavy atom. The maximum absolute atomic E-state index is 11.0. The highest BCUT2D eigenvalue weighted by Crippen LogP contribution is 2.25. The Labute approximate surface area is 122 Å². The van der Waals surface area contributed by atoms with Crippen LogP contribution >= 0.6 is 11.6 Å². The summed E-state index contributed by atoms with van der Waals surface area (Å²) in [7, 11) is 1.84. The van der Waals surface area contributed by atoms with Crippen LogP contribution in [0.1, 0.15) is 23.6 Å². The molecule has 0 radical (unpaired) electrons. The lowest BCUT2D eigenvalue weighted by Gasteiger charge is -2.18. The highest BCUT2D eigenvalue weighted by Gasteiger charge is 2.17. The first-order valence-electron chi connectivity index (χ1n) is 6.23. The van der Waals surface area contributed by atoms with E-state index in [0.717, 1.165) is 11.1 Å². The fraction of sp³-hybridized carbons (Fsp3) is 0.286. The molecule has 2 N–H and O–H groups in total. The van der Waals surface area contributed by atoms with E-state index in [1.54, 1.807) is 16.9 Å². The minimum absolute atomic E-state index is 0.0238. The molecule has 5 nitrogen and oxygen atoms in total. The molecule has 2 aromatic rings. The number of carboxylic acids is 1. The highest BCUT2D eigenvalue weighted by molar-refractivity contribution is 6.31. The molecule has 0 amide bonds. The molecule has 0 bridgehead atoms. The molecule has 0 saturated carbocycles. The van der Waals surface area contributed by atoms with E-state index in [-0.39, 0.29) is 12.5 Å². The third-order valence-corrected chi connectivity index (χ3v) is 3.31. The van der Waals surface area contributed by atoms with Crippen LogP contribution < -0.4 is 5.32 Å². The van der Waals surface area contributed by atoms with Crippen LogP contribution in [-0.2, 0) is 18.4 Å². The number of nitrogens with zero attached hydrogens (tertiary/aromatic N) is 2. The highest BCUT2D eigenvalue weighted by atomic mass is 35.5. The molecule has 1 aromatic carbocycles. The van der Waals surface area contributed by atoms with Crippen molar-refractivity contribution in [1.82, 2.24) is 15.1 Å². The van der Waals surface area contributed by atoms with Crippen molar-refractivity contribution in [3.63, 3.8) is 0 Å². The van der Waals surface area contributed by atoms with Gasteiger partial charge in [0.25, 0.3) is 0 Å². The summed E-state index contributed by atoms with van der Waals surface area (Å²) in [5, 5.41) is 16.9. The van der Waals surface area contributed by atoms with Crippen molar-refractivity contribution in [2.75, 3.05) is 0 Å². The van der Waals surface area contributed by atoms with Crippen LogP contribution in [0, 0.1) is 0 Å². The number of benzene rings is 1. The van der Waals surface area contributed by atoms with E-state index in [1.807, 2.05) is 31.4 Å². The number of carboxylic acid groups (broad SMARTS) is 1. The lowest BCUT2D eigenvalue weighted by Crippen LogP contribution is -2.23. The molecule has 1 unspecified atom stereocenters. The number of rotatable bonds is 6. The average Bonchev–Trinajstić information content (AvgIpc) is 2.81. The third kappa shape index (κ3) is 3.82. The van der Waals surface area contributed by atoms with Crippen molar-refractivity contribution in [1.29, 1.82) is 0 Å². The van der Waals surface area contributed by atoms with Crippen LogP contribution in [0.25, 0.3) is 0 Å². The number of halogens is 1. The Morgan fingerprint density at radius 1 is 1.50 bits per heavy atom. The van der Waals surface area contributed by atoms with E-state index >= 15 is 0 Å². The molecule has 1 atom stereocenters. The van der Waals surface area contributed by atoms with Gasteiger partial charge in [0.1, 0.15) is 0 Å². The molecule has 0 aliphatic heterocycles. The minimum atomic E-state index is -0.867. The quantitative estimate of drug-likeness (QED) is 0.858. The first kappa shape index (κ1) is 14.6. The van der Waals surface area contributed by atoms with Crippen LogP contribution in [0.2, 0.25) is 5.02 Å². The summed E-state index contributed by atoms with van der Waals surface area (Å²) in [6, 6.07) is 6.94. The standard InChI is InChI=1S/C14H16ClN3O2/c1-18-9-10(8-17-18)7-16-13(6-14(19)20)11-4-2-3-5-12(11)15/h2-5,8-9,13,16H,6-7H2,1H3,(H,19,20). The van der Waals surface area contributed by atoms with E-state index in [2.05, 4.69) is 10.4 Å². The molecule has 1 heterocycles. The zero-order chi connectivity index (χ0) is 14.5. The lowest BCUT2D eigenvalue weighted by atomic mass is 10.0. The van der Waals surface area contributed by atoms with Gasteiger partial charge in [-0.05, 0) is 11.6 Å². The second-order valence-corrected chi connectivity index (χ2v) is 4.98. The molecule has 20 heavy (non-hydrogen) atoms. The first-order chi connectivity index (χ1) is 9.56. The Balaban J connectivity index is 2.11. The van der Waals surface area contributed by atoms with Gasteiger partial charge < -0.3 is 10.4 Å². The number of hydrogen-bond donors (Lipinski definition) is 2. The van der Waals surface area contributed by atoms with Gasteiger partial charge in [-0.25, -0.2) is 0 Å². The van der Waals surface area contributed by atoms with Crippen molar-refractivity contribution in [3.8, 4) is 0 Å². The second-order valence-electron chi connectivity index (χ2n) is 4.58. The number of aryl methyl sites for hydroxylation is 1. The van der Waals surface area contributed by atoms with Crippen LogP contribution in [0.15, 0.2) is 36.7 Å². The predicted octanol–water partition coefficient (Wildman–Crippen LogP) is 2.38. The first-order valence-corrected chi connectivity index (χ1v) is 6.61. The molecule has 0 saturated heterocycles. The summed E-state index contributed by atoms with van der Waals surface area (Å²) in [5.41, 5.74) is 1.79. The number of carbonyl (C=O) groups is 1. The van der Waals surface area contributed by atoms with Gasteiger partial charge in [0.2, 0.25) is 0 Å². The number of hydrogen-bond acceptors (Lipinski definition) is 3. The summed E-state index contributed by atoms with van der Waals surface area (Å²) < 4.78 is 1.71. The molecule has 0 aliphatic rings. The molecule has 106 valence electrons. The largest absolute Gasteiger partial charge is 0.481 e. The third-order valence-electron chi connectivity index (χ3n) is 2.97. The molecule has 0 fully saturated rings. The second kappa shape index (κ2) is 6.54. The molecule has 0 aliphatic carbocycles. The summed E-state index contributed by atoms with van der Waals surface area (Å²) in [6.45, 7) is 0.539. The monoisotopic (exact) mass is 293 g/mol. The van der Waals surface area contributed by atoms with Gasteiger partial charge in [0.15, 0.2) is 0 Å². The van der Waals surface area contributed by atoms with Crippen LogP contribution in [0.5, 0.6) is 0 Å². The van der Waals surface area contributed by atoms with E-state index in [9.17, 15) is 4.79 Å². The van der Waals surface area contributed by atoms with Gasteiger partial charge in [0, 0.05) is 36.4 Å². The van der Waals surface area contributed by atoms with E-state index < -0.39 is 5.97 Å². The van der Waals surface area contributed by atoms with Crippen molar-refractivity contribution >= 4 is 17.6 Å². The van der Waals surface area contributed by atoms with Crippen molar-refractivity contribution in [2.24, 2.45) is 7.05 Å². The van der Waals surface area contributed by atoms with Gasteiger partial charge >= 0.3 is 5.97 Å². The van der Waals surface area contributed by atoms with Crippen molar-refractivity contribution in [3.05, 3.63) is 52.8 Å². The normalized spacial score (nSPS) is 12.3. The topological polar surface area (TPSA) is 67.2 Å². The van der Waals surface area contributed by atoms with Crippen LogP contribution in [0.3, 0.4) is 0 Å². The van der Waals surface area contributed by atoms with Gasteiger partial charge in [0.05, 0.1) is 12.6 Å². The fourth-order valence-corrected chi connectivity index (χ4v) is 2.30. The van der Waals surface area contributed by atoms with Gasteiger partial charge in [-0.1, -0.05) is 29.8 Å². The Kier molecular flexibility index (Phi) is 4.76. The summed E-state index contributed by atoms with van der Waals surface area (Å²) in [4.78, 5) is 11.0. The van der Waals surface area contributed by atoms with Crippen LogP contribution in [-0.4, -0.2) is 20.9 Å².